The molecule has 2 aliphatic rings. The van der Waals surface area contributed by atoms with E-state index >= 15 is 0 Å². The van der Waals surface area contributed by atoms with Gasteiger partial charge < -0.3 is 5.32 Å². The van der Waals surface area contributed by atoms with Crippen molar-refractivity contribution >= 4 is 5.69 Å². The Kier molecular flexibility index (Phi) is 2.08. The molecule has 0 aromatic carbocycles. The quantitative estimate of drug-likeness (QED) is 0.807. The molecule has 2 atom stereocenters. The Bertz CT molecular complexity index is 514. The molecule has 3 rings (SSSR count). The molecule has 0 saturated carbocycles. The van der Waals surface area contributed by atoms with Crippen LogP contribution in [0.25, 0.3) is 0 Å². The van der Waals surface area contributed by atoms with Gasteiger partial charge in [-0.1, -0.05) is 18.2 Å². The molecule has 0 radical (unpaired) electrons. The van der Waals surface area contributed by atoms with Gasteiger partial charge in [0.1, 0.15) is 0 Å². The summed E-state index contributed by atoms with van der Waals surface area (Å²) in [5.41, 5.74) is 2.06. The van der Waals surface area contributed by atoms with Crippen LogP contribution in [0.5, 0.6) is 0 Å². The number of rotatable bonds is 1. The monoisotopic (exact) mass is 234 g/mol. The number of nitrogens with one attached hydrogen (secondary N) is 1. The van der Waals surface area contributed by atoms with Crippen molar-refractivity contribution in [3.63, 3.8) is 0 Å². The van der Waals surface area contributed by atoms with Crippen LogP contribution in [0.1, 0.15) is 18.4 Å². The van der Waals surface area contributed by atoms with Crippen molar-refractivity contribution in [2.24, 2.45) is 0 Å². The molecule has 0 spiro atoms. The van der Waals surface area contributed by atoms with Gasteiger partial charge >= 0.3 is 0 Å². The van der Waals surface area contributed by atoms with Crippen LogP contribution in [0.15, 0.2) is 42.3 Å². The van der Waals surface area contributed by atoms with E-state index in [2.05, 4.69) is 10.3 Å². The van der Waals surface area contributed by atoms with Crippen LogP contribution in [-0.2, 0) is 0 Å². The third-order valence-corrected chi connectivity index (χ3v) is 3.27. The summed E-state index contributed by atoms with van der Waals surface area (Å²) in [5, 5.41) is 3.27. The lowest BCUT2D eigenvalue weighted by molar-refractivity contribution is 0.0666. The molecule has 1 aliphatic heterocycles. The minimum absolute atomic E-state index is 0.0150. The van der Waals surface area contributed by atoms with Gasteiger partial charge in [0.2, 0.25) is 0 Å². The van der Waals surface area contributed by atoms with Gasteiger partial charge in [-0.2, -0.15) is 0 Å². The first-order valence-electron chi connectivity index (χ1n) is 5.54. The normalized spacial score (nSPS) is 25.9. The van der Waals surface area contributed by atoms with E-state index in [9.17, 15) is 8.78 Å². The molecular weight excluding hydrogens is 222 g/mol. The van der Waals surface area contributed by atoms with E-state index in [1.807, 2.05) is 6.07 Å². The second-order valence-electron chi connectivity index (χ2n) is 4.53. The van der Waals surface area contributed by atoms with E-state index in [1.54, 1.807) is 24.5 Å². The fourth-order valence-corrected chi connectivity index (χ4v) is 2.39. The van der Waals surface area contributed by atoms with Gasteiger partial charge in [0.05, 0.1) is 17.9 Å². The van der Waals surface area contributed by atoms with Crippen molar-refractivity contribution in [1.29, 1.82) is 0 Å². The number of nitrogens with zero attached hydrogens (tertiary/aromatic N) is 1. The first kappa shape index (κ1) is 10.4. The fraction of sp³-hybridized carbons (Fsp3) is 0.308. The minimum Gasteiger partial charge on any atom is -0.376 e. The van der Waals surface area contributed by atoms with Crippen molar-refractivity contribution in [3.05, 3.63) is 47.8 Å². The largest absolute Gasteiger partial charge is 0.376 e. The van der Waals surface area contributed by atoms with Crippen LogP contribution < -0.4 is 5.32 Å². The lowest BCUT2D eigenvalue weighted by Gasteiger charge is -2.22. The smallest absolute Gasteiger partial charge is 0.270 e. The molecule has 1 N–H and O–H groups in total. The van der Waals surface area contributed by atoms with Gasteiger partial charge in [-0.05, 0) is 11.6 Å². The lowest BCUT2D eigenvalue weighted by atomic mass is 9.87. The molecule has 0 bridgehead atoms. The van der Waals surface area contributed by atoms with E-state index in [0.717, 1.165) is 18.2 Å². The summed E-state index contributed by atoms with van der Waals surface area (Å²) in [4.78, 5) is 4.03. The standard InChI is InChI=1S/C13H12F2N2/c1-13(14,15)8-2-3-11-10(6-8)9-4-5-16-7-12(9)17-11/h2-7,10-11,17H,1H3. The predicted octanol–water partition coefficient (Wildman–Crippen LogP) is 3.11. The average molecular weight is 234 g/mol. The molecule has 2 unspecified atom stereocenters. The van der Waals surface area contributed by atoms with E-state index in [1.165, 1.54) is 6.08 Å². The molecule has 0 saturated heterocycles. The van der Waals surface area contributed by atoms with E-state index < -0.39 is 5.92 Å². The van der Waals surface area contributed by atoms with Crippen LogP contribution in [0, 0.1) is 0 Å². The van der Waals surface area contributed by atoms with Crippen molar-refractivity contribution < 1.29 is 8.78 Å². The Morgan fingerprint density at radius 3 is 3.00 bits per heavy atom. The van der Waals surface area contributed by atoms with Crippen molar-refractivity contribution in [2.45, 2.75) is 24.8 Å². The van der Waals surface area contributed by atoms with Crippen LogP contribution >= 0.6 is 0 Å². The summed E-state index contributed by atoms with van der Waals surface area (Å²) >= 11 is 0. The van der Waals surface area contributed by atoms with Gasteiger partial charge in [0.15, 0.2) is 0 Å². The Morgan fingerprint density at radius 1 is 1.41 bits per heavy atom. The summed E-state index contributed by atoms with van der Waals surface area (Å²) in [6, 6.07) is 1.95. The topological polar surface area (TPSA) is 24.9 Å². The summed E-state index contributed by atoms with van der Waals surface area (Å²) in [6.45, 7) is 0.930. The van der Waals surface area contributed by atoms with E-state index in [0.29, 0.717) is 0 Å². The molecule has 1 aromatic heterocycles. The molecule has 2 nitrogen and oxygen atoms in total. The number of anilines is 1. The molecule has 0 amide bonds. The van der Waals surface area contributed by atoms with E-state index in [-0.39, 0.29) is 17.5 Å². The van der Waals surface area contributed by atoms with Gasteiger partial charge in [0, 0.05) is 24.6 Å². The van der Waals surface area contributed by atoms with Gasteiger partial charge in [-0.3, -0.25) is 4.98 Å². The average Bonchev–Trinajstić information content (AvgIpc) is 2.65. The molecule has 4 heteroatoms. The fourth-order valence-electron chi connectivity index (χ4n) is 2.39. The van der Waals surface area contributed by atoms with Crippen LogP contribution in [0.2, 0.25) is 0 Å². The number of fused-ring (bicyclic) bond motifs is 3. The molecular formula is C13H12F2N2. The molecule has 88 valence electrons. The van der Waals surface area contributed by atoms with Gasteiger partial charge in [-0.25, -0.2) is 8.78 Å². The highest BCUT2D eigenvalue weighted by Gasteiger charge is 2.35. The van der Waals surface area contributed by atoms with Crippen molar-refractivity contribution in [1.82, 2.24) is 4.98 Å². The Labute approximate surface area is 98.1 Å². The lowest BCUT2D eigenvalue weighted by Crippen LogP contribution is -2.23. The Balaban J connectivity index is 2.03. The molecule has 1 aliphatic carbocycles. The number of allylic oxidation sites excluding steroid dienone is 2. The highest BCUT2D eigenvalue weighted by atomic mass is 19.3. The first-order chi connectivity index (χ1) is 8.05. The van der Waals surface area contributed by atoms with Crippen LogP contribution in [-0.4, -0.2) is 16.9 Å². The zero-order valence-electron chi connectivity index (χ0n) is 9.32. The predicted molar refractivity (Wildman–Crippen MR) is 62.2 cm³/mol. The van der Waals surface area contributed by atoms with Gasteiger partial charge in [-0.15, -0.1) is 0 Å². The third kappa shape index (κ3) is 1.64. The Morgan fingerprint density at radius 2 is 2.24 bits per heavy atom. The number of alkyl halides is 2. The summed E-state index contributed by atoms with van der Waals surface area (Å²) in [5.74, 6) is -2.80. The third-order valence-electron chi connectivity index (χ3n) is 3.27. The van der Waals surface area contributed by atoms with Crippen molar-refractivity contribution in [3.8, 4) is 0 Å². The van der Waals surface area contributed by atoms with Crippen LogP contribution in [0.3, 0.4) is 0 Å². The zero-order valence-corrected chi connectivity index (χ0v) is 9.32. The number of hydrogen-bond donors (Lipinski definition) is 1. The summed E-state index contributed by atoms with van der Waals surface area (Å²) in [7, 11) is 0. The molecule has 1 aromatic rings. The maximum atomic E-state index is 13.3. The molecule has 0 fully saturated rings. The summed E-state index contributed by atoms with van der Waals surface area (Å²) < 4.78 is 26.6. The number of hydrogen-bond acceptors (Lipinski definition) is 2. The van der Waals surface area contributed by atoms with Gasteiger partial charge in [0.25, 0.3) is 5.92 Å². The maximum Gasteiger partial charge on any atom is 0.270 e. The number of aromatic nitrogens is 1. The SMILES string of the molecule is CC(F)(F)C1=CC2c3ccncc3NC2C=C1. The number of halogens is 2. The minimum atomic E-state index is -2.78. The molecule has 17 heavy (non-hydrogen) atoms. The molecule has 2 heterocycles. The van der Waals surface area contributed by atoms with E-state index in [4.69, 9.17) is 0 Å². The summed E-state index contributed by atoms with van der Waals surface area (Å²) in [6.07, 6.45) is 8.40. The van der Waals surface area contributed by atoms with Crippen LogP contribution in [0.4, 0.5) is 14.5 Å². The second-order valence-corrected chi connectivity index (χ2v) is 4.53. The highest BCUT2D eigenvalue weighted by molar-refractivity contribution is 5.62. The Hall–Kier alpha value is -1.71. The second kappa shape index (κ2) is 3.39. The zero-order chi connectivity index (χ0) is 12.0. The number of pyridine rings is 1. The first-order valence-corrected chi connectivity index (χ1v) is 5.54. The van der Waals surface area contributed by atoms with Crippen molar-refractivity contribution in [2.75, 3.05) is 5.32 Å². The highest BCUT2D eigenvalue weighted by Crippen LogP contribution is 2.41. The maximum absolute atomic E-state index is 13.3.